The molecule has 0 atom stereocenters. The SMILES string of the molecule is COCC1CCN(Cc2ncc(C)c(N)c2C)CC1. The van der Waals surface area contributed by atoms with Crippen molar-refractivity contribution >= 4 is 5.69 Å². The molecule has 0 spiro atoms. The Hall–Kier alpha value is -1.13. The van der Waals surface area contributed by atoms with Gasteiger partial charge in [-0.2, -0.15) is 0 Å². The van der Waals surface area contributed by atoms with E-state index < -0.39 is 0 Å². The Morgan fingerprint density at radius 3 is 2.68 bits per heavy atom. The first-order chi connectivity index (χ1) is 9.11. The summed E-state index contributed by atoms with van der Waals surface area (Å²) in [6, 6.07) is 0. The number of hydrogen-bond donors (Lipinski definition) is 1. The summed E-state index contributed by atoms with van der Waals surface area (Å²) in [5.41, 5.74) is 10.3. The fourth-order valence-electron chi connectivity index (χ4n) is 2.71. The number of methoxy groups -OCH3 is 1. The third kappa shape index (κ3) is 3.45. The number of hydrogen-bond acceptors (Lipinski definition) is 4. The minimum absolute atomic E-state index is 0.721. The van der Waals surface area contributed by atoms with Gasteiger partial charge in [0.2, 0.25) is 0 Å². The van der Waals surface area contributed by atoms with Gasteiger partial charge in [0.25, 0.3) is 0 Å². The zero-order chi connectivity index (χ0) is 13.8. The number of rotatable bonds is 4. The van der Waals surface area contributed by atoms with Crippen molar-refractivity contribution in [1.29, 1.82) is 0 Å². The van der Waals surface area contributed by atoms with Crippen LogP contribution in [0.5, 0.6) is 0 Å². The summed E-state index contributed by atoms with van der Waals surface area (Å²) in [7, 11) is 1.79. The van der Waals surface area contributed by atoms with Gasteiger partial charge in [0.05, 0.1) is 5.69 Å². The second kappa shape index (κ2) is 6.35. The van der Waals surface area contributed by atoms with E-state index in [-0.39, 0.29) is 0 Å². The molecule has 1 saturated heterocycles. The van der Waals surface area contributed by atoms with Crippen LogP contribution >= 0.6 is 0 Å². The van der Waals surface area contributed by atoms with Gasteiger partial charge >= 0.3 is 0 Å². The van der Waals surface area contributed by atoms with Gasteiger partial charge < -0.3 is 10.5 Å². The predicted octanol–water partition coefficient (Wildman–Crippen LogP) is 2.14. The minimum Gasteiger partial charge on any atom is -0.398 e. The normalized spacial score (nSPS) is 17.8. The third-order valence-corrected chi connectivity index (χ3v) is 4.16. The summed E-state index contributed by atoms with van der Waals surface area (Å²) in [4.78, 5) is 7.01. The summed E-state index contributed by atoms with van der Waals surface area (Å²) >= 11 is 0. The average Bonchev–Trinajstić information content (AvgIpc) is 2.42. The molecule has 0 unspecified atom stereocenters. The smallest absolute Gasteiger partial charge is 0.0593 e. The predicted molar refractivity (Wildman–Crippen MR) is 78.0 cm³/mol. The Morgan fingerprint density at radius 2 is 2.05 bits per heavy atom. The molecule has 0 bridgehead atoms. The lowest BCUT2D eigenvalue weighted by atomic mass is 9.97. The van der Waals surface area contributed by atoms with E-state index in [2.05, 4.69) is 16.8 Å². The fourth-order valence-corrected chi connectivity index (χ4v) is 2.71. The lowest BCUT2D eigenvalue weighted by Crippen LogP contribution is -2.35. The van der Waals surface area contributed by atoms with E-state index in [4.69, 9.17) is 10.5 Å². The number of nitrogen functional groups attached to an aromatic ring is 1. The van der Waals surface area contributed by atoms with Gasteiger partial charge in [-0.3, -0.25) is 9.88 Å². The number of nitrogens with zero attached hydrogens (tertiary/aromatic N) is 2. The molecule has 2 N–H and O–H groups in total. The van der Waals surface area contributed by atoms with E-state index in [9.17, 15) is 0 Å². The quantitative estimate of drug-likeness (QED) is 0.904. The van der Waals surface area contributed by atoms with Crippen LogP contribution in [0.1, 0.15) is 29.7 Å². The molecule has 4 heteroatoms. The Labute approximate surface area is 116 Å². The van der Waals surface area contributed by atoms with E-state index in [1.165, 1.54) is 12.8 Å². The molecule has 1 aromatic rings. The molecular weight excluding hydrogens is 238 g/mol. The van der Waals surface area contributed by atoms with Crippen LogP contribution in [0.15, 0.2) is 6.20 Å². The number of aromatic nitrogens is 1. The molecule has 19 heavy (non-hydrogen) atoms. The van der Waals surface area contributed by atoms with Crippen LogP contribution in [0.4, 0.5) is 5.69 Å². The minimum atomic E-state index is 0.721. The molecule has 0 radical (unpaired) electrons. The van der Waals surface area contributed by atoms with Gasteiger partial charge in [-0.25, -0.2) is 0 Å². The highest BCUT2D eigenvalue weighted by atomic mass is 16.5. The van der Waals surface area contributed by atoms with E-state index >= 15 is 0 Å². The average molecular weight is 263 g/mol. The number of nitrogens with two attached hydrogens (primary N) is 1. The van der Waals surface area contributed by atoms with Crippen molar-refractivity contribution in [3.63, 3.8) is 0 Å². The van der Waals surface area contributed by atoms with Crippen LogP contribution in [-0.2, 0) is 11.3 Å². The van der Waals surface area contributed by atoms with Crippen molar-refractivity contribution in [3.8, 4) is 0 Å². The number of aryl methyl sites for hydroxylation is 1. The summed E-state index contributed by atoms with van der Waals surface area (Å²) in [6.45, 7) is 8.14. The van der Waals surface area contributed by atoms with Gasteiger partial charge in [-0.1, -0.05) is 0 Å². The Balaban J connectivity index is 1.94. The summed E-state index contributed by atoms with van der Waals surface area (Å²) < 4.78 is 5.24. The van der Waals surface area contributed by atoms with E-state index in [1.54, 1.807) is 7.11 Å². The molecule has 0 saturated carbocycles. The van der Waals surface area contributed by atoms with Crippen molar-refractivity contribution in [2.24, 2.45) is 5.92 Å². The summed E-state index contributed by atoms with van der Waals surface area (Å²) in [6.07, 6.45) is 4.32. The van der Waals surface area contributed by atoms with Crippen LogP contribution in [0.2, 0.25) is 0 Å². The molecule has 1 aliphatic heterocycles. The van der Waals surface area contributed by atoms with Gasteiger partial charge in [-0.05, 0) is 56.8 Å². The maximum absolute atomic E-state index is 6.07. The third-order valence-electron chi connectivity index (χ3n) is 4.16. The fraction of sp³-hybridized carbons (Fsp3) is 0.667. The molecule has 0 aromatic carbocycles. The van der Waals surface area contributed by atoms with Gasteiger partial charge in [0.15, 0.2) is 0 Å². The lowest BCUT2D eigenvalue weighted by molar-refractivity contribution is 0.0962. The lowest BCUT2D eigenvalue weighted by Gasteiger charge is -2.31. The molecule has 1 fully saturated rings. The second-order valence-corrected chi connectivity index (χ2v) is 5.60. The molecule has 1 aromatic heterocycles. The first-order valence-corrected chi connectivity index (χ1v) is 7.03. The zero-order valence-electron chi connectivity index (χ0n) is 12.3. The van der Waals surface area contributed by atoms with E-state index in [1.807, 2.05) is 13.1 Å². The largest absolute Gasteiger partial charge is 0.398 e. The summed E-state index contributed by atoms with van der Waals surface area (Å²) in [5, 5.41) is 0. The van der Waals surface area contributed by atoms with E-state index in [0.29, 0.717) is 0 Å². The highest BCUT2D eigenvalue weighted by molar-refractivity contribution is 5.53. The number of pyridine rings is 1. The topological polar surface area (TPSA) is 51.4 Å². The molecule has 1 aliphatic rings. The van der Waals surface area contributed by atoms with Crippen LogP contribution in [0.3, 0.4) is 0 Å². The highest BCUT2D eigenvalue weighted by Gasteiger charge is 2.20. The molecule has 106 valence electrons. The molecule has 4 nitrogen and oxygen atoms in total. The number of likely N-dealkylation sites (tertiary alicyclic amines) is 1. The maximum Gasteiger partial charge on any atom is 0.0593 e. The zero-order valence-corrected chi connectivity index (χ0v) is 12.3. The maximum atomic E-state index is 6.07. The van der Waals surface area contributed by atoms with Crippen LogP contribution in [0.25, 0.3) is 0 Å². The molecule has 2 heterocycles. The van der Waals surface area contributed by atoms with Gasteiger partial charge in [0.1, 0.15) is 0 Å². The van der Waals surface area contributed by atoms with Crippen molar-refractivity contribution in [2.75, 3.05) is 32.5 Å². The Bertz CT molecular complexity index is 426. The Kier molecular flexibility index (Phi) is 4.77. The number of anilines is 1. The van der Waals surface area contributed by atoms with Crippen molar-refractivity contribution in [2.45, 2.75) is 33.2 Å². The molecule has 2 rings (SSSR count). The highest BCUT2D eigenvalue weighted by Crippen LogP contribution is 2.22. The summed E-state index contributed by atoms with van der Waals surface area (Å²) in [5.74, 6) is 0.721. The molecule has 0 amide bonds. The van der Waals surface area contributed by atoms with Crippen LogP contribution < -0.4 is 5.73 Å². The van der Waals surface area contributed by atoms with Gasteiger partial charge in [0, 0.05) is 32.1 Å². The second-order valence-electron chi connectivity index (χ2n) is 5.60. The molecular formula is C15H25N3O. The monoisotopic (exact) mass is 263 g/mol. The van der Waals surface area contributed by atoms with Crippen LogP contribution in [0, 0.1) is 19.8 Å². The van der Waals surface area contributed by atoms with Gasteiger partial charge in [-0.15, -0.1) is 0 Å². The standard InChI is InChI=1S/C15H25N3O/c1-11-8-17-14(12(2)15(11)16)9-18-6-4-13(5-7-18)10-19-3/h8,13H,4-7,9-10H2,1-3H3,(H2,16,17). The van der Waals surface area contributed by atoms with E-state index in [0.717, 1.165) is 54.7 Å². The molecule has 0 aliphatic carbocycles. The first-order valence-electron chi connectivity index (χ1n) is 7.03. The number of piperidine rings is 1. The van der Waals surface area contributed by atoms with Crippen LogP contribution in [-0.4, -0.2) is 36.7 Å². The van der Waals surface area contributed by atoms with Crippen molar-refractivity contribution in [1.82, 2.24) is 9.88 Å². The number of ether oxygens (including phenoxy) is 1. The Morgan fingerprint density at radius 1 is 1.37 bits per heavy atom. The van der Waals surface area contributed by atoms with Crippen molar-refractivity contribution < 1.29 is 4.74 Å². The first kappa shape index (κ1) is 14.3. The van der Waals surface area contributed by atoms with Crippen molar-refractivity contribution in [3.05, 3.63) is 23.0 Å².